The van der Waals surface area contributed by atoms with Crippen molar-refractivity contribution in [1.82, 2.24) is 19.9 Å². The Balaban J connectivity index is 1.49. The minimum atomic E-state index is -0.715. The van der Waals surface area contributed by atoms with Crippen LogP contribution in [0.4, 0.5) is 10.1 Å². The van der Waals surface area contributed by atoms with E-state index in [4.69, 9.17) is 16.3 Å². The van der Waals surface area contributed by atoms with Gasteiger partial charge in [-0.2, -0.15) is 5.10 Å². The maximum absolute atomic E-state index is 14.1. The largest absolute Gasteiger partial charge is 0.381 e. The molecule has 2 aromatic heterocycles. The third-order valence-electron chi connectivity index (χ3n) is 6.72. The van der Waals surface area contributed by atoms with Crippen LogP contribution in [0, 0.1) is 11.7 Å². The number of anilines is 1. The number of amides is 2. The fourth-order valence-electron chi connectivity index (χ4n) is 4.85. The highest BCUT2D eigenvalue weighted by atomic mass is 35.5. The first-order valence-corrected chi connectivity index (χ1v) is 12.0. The summed E-state index contributed by atoms with van der Waals surface area (Å²) in [5.41, 5.74) is 4.03. The molecule has 2 aliphatic rings. The molecule has 0 aliphatic carbocycles. The molecule has 4 aromatic rings. The number of hydrogen-bond donors (Lipinski definition) is 2. The van der Waals surface area contributed by atoms with Crippen LogP contribution in [0.2, 0.25) is 5.02 Å². The van der Waals surface area contributed by atoms with E-state index in [1.807, 2.05) is 24.4 Å². The van der Waals surface area contributed by atoms with E-state index in [0.29, 0.717) is 59.1 Å². The molecule has 0 radical (unpaired) electrons. The Bertz CT molecular complexity index is 1510. The first-order valence-electron chi connectivity index (χ1n) is 11.6. The maximum atomic E-state index is 14.1. The summed E-state index contributed by atoms with van der Waals surface area (Å²) < 4.78 is 21.2. The Kier molecular flexibility index (Phi) is 5.66. The van der Waals surface area contributed by atoms with Gasteiger partial charge in [-0.15, -0.1) is 0 Å². The molecule has 10 heteroatoms. The van der Waals surface area contributed by atoms with Crippen molar-refractivity contribution in [2.75, 3.05) is 18.5 Å². The Morgan fingerprint density at radius 3 is 2.81 bits per heavy atom. The Labute approximate surface area is 210 Å². The van der Waals surface area contributed by atoms with Gasteiger partial charge in [0.05, 0.1) is 6.04 Å². The van der Waals surface area contributed by atoms with E-state index in [-0.39, 0.29) is 17.7 Å². The van der Waals surface area contributed by atoms with Crippen molar-refractivity contribution in [2.24, 2.45) is 5.92 Å². The van der Waals surface area contributed by atoms with Crippen LogP contribution in [0.15, 0.2) is 55.0 Å². The molecule has 0 bridgehead atoms. The van der Waals surface area contributed by atoms with E-state index >= 15 is 0 Å². The molecule has 4 heterocycles. The quantitative estimate of drug-likeness (QED) is 0.429. The van der Waals surface area contributed by atoms with E-state index in [9.17, 15) is 14.0 Å². The summed E-state index contributed by atoms with van der Waals surface area (Å²) in [6.45, 7) is 1.05. The zero-order chi connectivity index (χ0) is 24.8. The summed E-state index contributed by atoms with van der Waals surface area (Å²) in [5.74, 6) is -1.15. The molecule has 182 valence electrons. The molecule has 2 aliphatic heterocycles. The lowest BCUT2D eigenvalue weighted by molar-refractivity contribution is -0.122. The minimum Gasteiger partial charge on any atom is -0.381 e. The zero-order valence-corrected chi connectivity index (χ0v) is 19.8. The molecule has 2 N–H and O–H groups in total. The lowest BCUT2D eigenvalue weighted by Crippen LogP contribution is -2.29. The Morgan fingerprint density at radius 1 is 1.14 bits per heavy atom. The predicted molar refractivity (Wildman–Crippen MR) is 131 cm³/mol. The second-order valence-corrected chi connectivity index (χ2v) is 9.32. The lowest BCUT2D eigenvalue weighted by atomic mass is 9.92. The van der Waals surface area contributed by atoms with Crippen LogP contribution in [-0.2, 0) is 9.53 Å². The van der Waals surface area contributed by atoms with E-state index in [2.05, 4.69) is 20.7 Å². The summed E-state index contributed by atoms with van der Waals surface area (Å²) in [5, 5.41) is 10.5. The van der Waals surface area contributed by atoms with Crippen molar-refractivity contribution in [3.8, 4) is 11.1 Å². The van der Waals surface area contributed by atoms with Crippen LogP contribution in [0.3, 0.4) is 0 Å². The van der Waals surface area contributed by atoms with Crippen LogP contribution < -0.4 is 10.6 Å². The average Bonchev–Trinajstić information content (AvgIpc) is 3.50. The second kappa shape index (κ2) is 9.00. The van der Waals surface area contributed by atoms with Crippen LogP contribution in [0.1, 0.15) is 40.4 Å². The van der Waals surface area contributed by atoms with Gasteiger partial charge in [-0.3, -0.25) is 9.59 Å². The van der Waals surface area contributed by atoms with Gasteiger partial charge in [0.2, 0.25) is 5.91 Å². The van der Waals surface area contributed by atoms with Gasteiger partial charge in [0.15, 0.2) is 5.65 Å². The van der Waals surface area contributed by atoms with Crippen LogP contribution in [0.5, 0.6) is 0 Å². The lowest BCUT2D eigenvalue weighted by Gasteiger charge is -2.23. The van der Waals surface area contributed by atoms with Gasteiger partial charge in [-0.05, 0) is 60.9 Å². The third-order valence-corrected chi connectivity index (χ3v) is 7.06. The topological polar surface area (TPSA) is 97.6 Å². The number of nitrogens with zero attached hydrogens (tertiary/aromatic N) is 3. The summed E-state index contributed by atoms with van der Waals surface area (Å²) >= 11 is 6.41. The van der Waals surface area contributed by atoms with Crippen LogP contribution >= 0.6 is 11.6 Å². The number of rotatable bonds is 4. The minimum absolute atomic E-state index is 0.146. The van der Waals surface area contributed by atoms with Gasteiger partial charge in [0.1, 0.15) is 12.1 Å². The van der Waals surface area contributed by atoms with Gasteiger partial charge < -0.3 is 15.4 Å². The molecule has 1 unspecified atom stereocenters. The zero-order valence-electron chi connectivity index (χ0n) is 19.0. The highest BCUT2D eigenvalue weighted by molar-refractivity contribution is 6.31. The summed E-state index contributed by atoms with van der Waals surface area (Å²) in [7, 11) is 0. The van der Waals surface area contributed by atoms with Crippen molar-refractivity contribution < 1.29 is 18.7 Å². The number of nitrogens with one attached hydrogen (secondary N) is 2. The number of benzene rings is 2. The normalized spacial score (nSPS) is 17.7. The number of hydrogen-bond acceptors (Lipinski definition) is 5. The molecule has 0 saturated carbocycles. The molecule has 1 saturated heterocycles. The average molecular weight is 506 g/mol. The maximum Gasteiger partial charge on any atom is 0.252 e. The fourth-order valence-corrected chi connectivity index (χ4v) is 5.08. The second-order valence-electron chi connectivity index (χ2n) is 8.91. The number of carbonyl (C=O) groups is 2. The van der Waals surface area contributed by atoms with Crippen molar-refractivity contribution in [3.05, 3.63) is 82.5 Å². The summed E-state index contributed by atoms with van der Waals surface area (Å²) in [6, 6.07) is 10.6. The first-order chi connectivity index (χ1) is 17.5. The van der Waals surface area contributed by atoms with Crippen LogP contribution in [-0.4, -0.2) is 39.6 Å². The monoisotopic (exact) mass is 505 g/mol. The van der Waals surface area contributed by atoms with Crippen molar-refractivity contribution in [3.63, 3.8) is 0 Å². The van der Waals surface area contributed by atoms with Crippen molar-refractivity contribution >= 4 is 34.7 Å². The molecule has 8 nitrogen and oxygen atoms in total. The number of ether oxygens (including phenoxy) is 1. The van der Waals surface area contributed by atoms with E-state index < -0.39 is 11.9 Å². The predicted octanol–water partition coefficient (Wildman–Crippen LogP) is 4.39. The van der Waals surface area contributed by atoms with Gasteiger partial charge in [-0.1, -0.05) is 11.6 Å². The number of carbonyl (C=O) groups excluding carboxylic acids is 2. The highest BCUT2D eigenvalue weighted by Crippen LogP contribution is 2.42. The Hall–Kier alpha value is -3.82. The third kappa shape index (κ3) is 4.00. The van der Waals surface area contributed by atoms with Crippen LogP contribution in [0.25, 0.3) is 16.8 Å². The molecular weight excluding hydrogens is 485 g/mol. The van der Waals surface area contributed by atoms with E-state index in [1.54, 1.807) is 10.6 Å². The SMILES string of the molecule is O=C1NC(c2cc(F)ccc2Cl)c2c(NC(=O)C3CCOCC3)cc(-c3ccc4ncnn4c3)cc21. The molecular formula is C26H21ClFN5O3. The Morgan fingerprint density at radius 2 is 1.97 bits per heavy atom. The molecule has 36 heavy (non-hydrogen) atoms. The molecule has 1 fully saturated rings. The number of fused-ring (bicyclic) bond motifs is 2. The van der Waals surface area contributed by atoms with Crippen molar-refractivity contribution in [2.45, 2.75) is 18.9 Å². The molecule has 2 amide bonds. The number of pyridine rings is 1. The first kappa shape index (κ1) is 22.6. The molecule has 2 aromatic carbocycles. The molecule has 0 spiro atoms. The number of halogens is 2. The summed E-state index contributed by atoms with van der Waals surface area (Å²) in [6.07, 6.45) is 4.50. The van der Waals surface area contributed by atoms with Crippen molar-refractivity contribution in [1.29, 1.82) is 0 Å². The standard InChI is InChI=1S/C26H21ClFN5O3/c27-20-3-2-17(28)11-18(20)24-23-19(26(35)32-24)9-16(15-1-4-22-29-13-30-33(22)12-15)10-21(23)31-25(34)14-5-7-36-8-6-14/h1-4,9-14,24H,5-8H2,(H,31,34)(H,32,35). The highest BCUT2D eigenvalue weighted by Gasteiger charge is 2.35. The smallest absolute Gasteiger partial charge is 0.252 e. The van der Waals surface area contributed by atoms with Gasteiger partial charge in [0.25, 0.3) is 5.91 Å². The number of aromatic nitrogens is 3. The molecule has 6 rings (SSSR count). The van der Waals surface area contributed by atoms with Gasteiger partial charge >= 0.3 is 0 Å². The van der Waals surface area contributed by atoms with Gasteiger partial charge in [-0.25, -0.2) is 13.9 Å². The van der Waals surface area contributed by atoms with Gasteiger partial charge in [0, 0.05) is 58.3 Å². The molecule has 1 atom stereocenters. The fraction of sp³-hybridized carbons (Fsp3) is 0.231. The summed E-state index contributed by atoms with van der Waals surface area (Å²) in [4.78, 5) is 30.5. The van der Waals surface area contributed by atoms with E-state index in [1.165, 1.54) is 24.5 Å². The van der Waals surface area contributed by atoms with E-state index in [0.717, 1.165) is 11.1 Å².